The number of amidine groups is 2. The van der Waals surface area contributed by atoms with E-state index in [0.29, 0.717) is 5.69 Å². The summed E-state index contributed by atoms with van der Waals surface area (Å²) in [5.41, 5.74) is 10.9. The zero-order chi connectivity index (χ0) is 11.4. The van der Waals surface area contributed by atoms with Crippen LogP contribution in [-0.2, 0) is 0 Å². The molecule has 0 aromatic carbocycles. The summed E-state index contributed by atoms with van der Waals surface area (Å²) in [5.74, 6) is -0.620. The number of nitrogen functional groups attached to an aromatic ring is 1. The molecule has 1 rings (SSSR count). The summed E-state index contributed by atoms with van der Waals surface area (Å²) in [6.07, 6.45) is 2.88. The van der Waals surface area contributed by atoms with Crippen molar-refractivity contribution in [2.24, 2.45) is 10.7 Å². The van der Waals surface area contributed by atoms with Gasteiger partial charge in [-0.3, -0.25) is 10.8 Å². The van der Waals surface area contributed by atoms with Gasteiger partial charge in [-0.1, -0.05) is 0 Å². The molecule has 0 aliphatic carbocycles. The van der Waals surface area contributed by atoms with Crippen molar-refractivity contribution < 1.29 is 0 Å². The number of aromatic nitrogens is 2. The topological polar surface area (TPSA) is 138 Å². The molecule has 0 saturated heterocycles. The Labute approximate surface area is 93.8 Å². The lowest BCUT2D eigenvalue weighted by Gasteiger charge is -2.00. The SMILES string of the molecule is N=C(N)C(=N)N=C(Br)c1nccnc1N. The van der Waals surface area contributed by atoms with Crippen molar-refractivity contribution in [1.82, 2.24) is 9.97 Å². The molecule has 7 nitrogen and oxygen atoms in total. The number of hydrogen-bond acceptors (Lipinski definition) is 5. The lowest BCUT2D eigenvalue weighted by molar-refractivity contribution is 1.19. The number of anilines is 1. The van der Waals surface area contributed by atoms with Crippen molar-refractivity contribution in [3.8, 4) is 0 Å². The number of nitrogens with one attached hydrogen (secondary N) is 2. The van der Waals surface area contributed by atoms with E-state index in [0.717, 1.165) is 0 Å². The Kier molecular flexibility index (Phi) is 3.45. The minimum absolute atomic E-state index is 0.185. The first-order chi connectivity index (χ1) is 7.02. The Morgan fingerprint density at radius 3 is 2.47 bits per heavy atom. The van der Waals surface area contributed by atoms with E-state index in [4.69, 9.17) is 22.3 Å². The zero-order valence-corrected chi connectivity index (χ0v) is 9.12. The number of nitrogens with zero attached hydrogens (tertiary/aromatic N) is 3. The molecule has 15 heavy (non-hydrogen) atoms. The lowest BCUT2D eigenvalue weighted by atomic mass is 10.4. The van der Waals surface area contributed by atoms with Crippen molar-refractivity contribution in [3.05, 3.63) is 18.1 Å². The molecule has 0 bridgehead atoms. The highest BCUT2D eigenvalue weighted by Crippen LogP contribution is 2.09. The van der Waals surface area contributed by atoms with Gasteiger partial charge < -0.3 is 11.5 Å². The molecule has 0 aliphatic rings. The summed E-state index contributed by atoms with van der Waals surface area (Å²) in [5, 5.41) is 14.2. The molecule has 0 atom stereocenters. The quantitative estimate of drug-likeness (QED) is 0.425. The largest absolute Gasteiger partial charge is 0.382 e. The minimum atomic E-state index is -0.436. The van der Waals surface area contributed by atoms with Gasteiger partial charge in [-0.25, -0.2) is 15.0 Å². The van der Waals surface area contributed by atoms with Gasteiger partial charge in [0.1, 0.15) is 10.3 Å². The summed E-state index contributed by atoms with van der Waals surface area (Å²) >= 11 is 3.08. The summed E-state index contributed by atoms with van der Waals surface area (Å²) in [6, 6.07) is 0. The number of aliphatic imine (C=N–C) groups is 1. The minimum Gasteiger partial charge on any atom is -0.382 e. The molecule has 6 N–H and O–H groups in total. The Bertz CT molecular complexity index is 439. The molecule has 0 unspecified atom stereocenters. The second-order valence-corrected chi connectivity index (χ2v) is 3.21. The Balaban J connectivity index is 3.05. The molecule has 0 amide bonds. The van der Waals surface area contributed by atoms with Crippen LogP contribution in [0.5, 0.6) is 0 Å². The van der Waals surface area contributed by atoms with Gasteiger partial charge in [0.15, 0.2) is 17.5 Å². The van der Waals surface area contributed by atoms with Gasteiger partial charge in [0.05, 0.1) is 0 Å². The monoisotopic (exact) mass is 269 g/mol. The van der Waals surface area contributed by atoms with E-state index in [9.17, 15) is 0 Å². The maximum absolute atomic E-state index is 7.24. The maximum atomic E-state index is 7.24. The van der Waals surface area contributed by atoms with Gasteiger partial charge >= 0.3 is 0 Å². The standard InChI is InChI=1S/C7H8BrN7/c8-4(15-7(12)5(9)10)3-6(11)14-2-1-13-3/h1-2,12H,(H3,9,10)(H2,11,14). The van der Waals surface area contributed by atoms with Crippen LogP contribution in [0.25, 0.3) is 0 Å². The van der Waals surface area contributed by atoms with Gasteiger partial charge in [-0.2, -0.15) is 0 Å². The fourth-order valence-electron chi connectivity index (χ4n) is 0.719. The van der Waals surface area contributed by atoms with Crippen LogP contribution in [0.3, 0.4) is 0 Å². The van der Waals surface area contributed by atoms with Crippen LogP contribution >= 0.6 is 15.9 Å². The molecule has 1 aromatic rings. The van der Waals surface area contributed by atoms with E-state index in [1.54, 1.807) is 0 Å². The van der Waals surface area contributed by atoms with Gasteiger partial charge in [0, 0.05) is 12.4 Å². The van der Waals surface area contributed by atoms with Gasteiger partial charge in [-0.05, 0) is 15.9 Å². The van der Waals surface area contributed by atoms with Crippen LogP contribution < -0.4 is 11.5 Å². The van der Waals surface area contributed by atoms with Gasteiger partial charge in [0.25, 0.3) is 0 Å². The van der Waals surface area contributed by atoms with E-state index in [2.05, 4.69) is 30.9 Å². The van der Waals surface area contributed by atoms with E-state index >= 15 is 0 Å². The third kappa shape index (κ3) is 2.81. The molecule has 1 heterocycles. The first-order valence-corrected chi connectivity index (χ1v) is 4.55. The molecular formula is C7H8BrN7. The molecule has 0 fully saturated rings. The van der Waals surface area contributed by atoms with Gasteiger partial charge in [0.2, 0.25) is 0 Å². The van der Waals surface area contributed by atoms with E-state index in [-0.39, 0.29) is 16.3 Å². The summed E-state index contributed by atoms with van der Waals surface area (Å²) < 4.78 is 0.216. The first kappa shape index (κ1) is 11.2. The second kappa shape index (κ2) is 4.60. The van der Waals surface area contributed by atoms with Crippen molar-refractivity contribution >= 4 is 38.0 Å². The molecule has 0 saturated carbocycles. The molecule has 0 radical (unpaired) electrons. The van der Waals surface area contributed by atoms with Gasteiger partial charge in [-0.15, -0.1) is 0 Å². The third-order valence-corrected chi connectivity index (χ3v) is 1.94. The zero-order valence-electron chi connectivity index (χ0n) is 7.53. The number of halogens is 1. The highest BCUT2D eigenvalue weighted by Gasteiger charge is 2.08. The van der Waals surface area contributed by atoms with E-state index < -0.39 is 5.84 Å². The van der Waals surface area contributed by atoms with Crippen molar-refractivity contribution in [2.45, 2.75) is 0 Å². The van der Waals surface area contributed by atoms with Crippen molar-refractivity contribution in [1.29, 1.82) is 10.8 Å². The highest BCUT2D eigenvalue weighted by molar-refractivity contribution is 9.18. The van der Waals surface area contributed by atoms with Crippen molar-refractivity contribution in [2.75, 3.05) is 5.73 Å². The Morgan fingerprint density at radius 1 is 1.33 bits per heavy atom. The summed E-state index contributed by atoms with van der Waals surface area (Å²) in [4.78, 5) is 11.4. The lowest BCUT2D eigenvalue weighted by Crippen LogP contribution is -2.20. The first-order valence-electron chi connectivity index (χ1n) is 3.76. The molecule has 78 valence electrons. The smallest absolute Gasteiger partial charge is 0.188 e. The van der Waals surface area contributed by atoms with E-state index in [1.807, 2.05) is 0 Å². The summed E-state index contributed by atoms with van der Waals surface area (Å²) in [6.45, 7) is 0. The maximum Gasteiger partial charge on any atom is 0.188 e. The fraction of sp³-hybridized carbons (Fsp3) is 0. The summed E-state index contributed by atoms with van der Waals surface area (Å²) in [7, 11) is 0. The number of nitrogens with two attached hydrogens (primary N) is 2. The molecule has 0 aliphatic heterocycles. The average Bonchev–Trinajstić information content (AvgIpc) is 2.18. The molecular weight excluding hydrogens is 262 g/mol. The van der Waals surface area contributed by atoms with Crippen LogP contribution in [0.15, 0.2) is 17.4 Å². The second-order valence-electron chi connectivity index (χ2n) is 2.46. The normalized spacial score (nSPS) is 11.1. The van der Waals surface area contributed by atoms with Crippen LogP contribution in [0.1, 0.15) is 5.69 Å². The van der Waals surface area contributed by atoms with E-state index in [1.165, 1.54) is 12.4 Å². The third-order valence-electron chi connectivity index (χ3n) is 1.39. The van der Waals surface area contributed by atoms with Crippen LogP contribution in [0.2, 0.25) is 0 Å². The van der Waals surface area contributed by atoms with Crippen LogP contribution in [0, 0.1) is 10.8 Å². The fourth-order valence-corrected chi connectivity index (χ4v) is 1.20. The highest BCUT2D eigenvalue weighted by atomic mass is 79.9. The predicted octanol–water partition coefficient (Wildman–Crippen LogP) is 0.114. The Hall–Kier alpha value is -1.83. The predicted molar refractivity (Wildman–Crippen MR) is 61.5 cm³/mol. The molecule has 8 heteroatoms. The number of rotatable bonds is 1. The number of hydrogen-bond donors (Lipinski definition) is 4. The molecule has 0 spiro atoms. The van der Waals surface area contributed by atoms with Crippen molar-refractivity contribution in [3.63, 3.8) is 0 Å². The molecule has 1 aromatic heterocycles. The van der Waals surface area contributed by atoms with Crippen LogP contribution in [-0.4, -0.2) is 26.3 Å². The van der Waals surface area contributed by atoms with Crippen LogP contribution in [0.4, 0.5) is 5.82 Å². The average molecular weight is 270 g/mol. The Morgan fingerprint density at radius 2 is 1.93 bits per heavy atom.